The predicted octanol–water partition coefficient (Wildman–Crippen LogP) is 4.76. The second-order valence-electron chi connectivity index (χ2n) is 7.25. The maximum atomic E-state index is 5.82. The van der Waals surface area contributed by atoms with Crippen LogP contribution in [0.25, 0.3) is 0 Å². The Morgan fingerprint density at radius 2 is 2.12 bits per heavy atom. The first-order valence-corrected chi connectivity index (χ1v) is 9.63. The van der Waals surface area contributed by atoms with Crippen LogP contribution < -0.4 is 9.47 Å². The van der Waals surface area contributed by atoms with Crippen LogP contribution in [0.4, 0.5) is 0 Å². The average Bonchev–Trinajstić information content (AvgIpc) is 3.25. The minimum absolute atomic E-state index is 0.127. The Morgan fingerprint density at radius 1 is 1.27 bits per heavy atom. The minimum Gasteiger partial charge on any atom is -0.493 e. The summed E-state index contributed by atoms with van der Waals surface area (Å²) < 4.78 is 16.8. The average molecular weight is 358 g/mol. The summed E-state index contributed by atoms with van der Waals surface area (Å²) in [6.45, 7) is 8.15. The normalized spacial score (nSPS) is 17.8. The molecule has 5 heteroatoms. The monoisotopic (exact) mass is 358 g/mol. The van der Waals surface area contributed by atoms with Crippen LogP contribution in [-0.4, -0.2) is 29.8 Å². The lowest BCUT2D eigenvalue weighted by Gasteiger charge is -2.23. The van der Waals surface area contributed by atoms with E-state index < -0.39 is 0 Å². The molecule has 0 spiro atoms. The van der Waals surface area contributed by atoms with Gasteiger partial charge in [0.25, 0.3) is 0 Å². The van der Waals surface area contributed by atoms with Crippen molar-refractivity contribution in [3.63, 3.8) is 0 Å². The number of benzene rings is 1. The standard InChI is InChI=1S/C21H30N2O3/c1-5-7-17-13-18(22-26-17)19-8-6-11-23(19)14-16-9-10-20(25-15(2)3)21(12-16)24-4/h9-10,12-13,15,19H,5-8,11,14H2,1-4H3. The summed E-state index contributed by atoms with van der Waals surface area (Å²) >= 11 is 0. The van der Waals surface area contributed by atoms with Crippen molar-refractivity contribution < 1.29 is 14.0 Å². The van der Waals surface area contributed by atoms with Crippen LogP contribution in [0, 0.1) is 0 Å². The molecule has 1 aliphatic rings. The van der Waals surface area contributed by atoms with Crippen molar-refractivity contribution in [2.45, 2.75) is 65.1 Å². The molecule has 1 aromatic heterocycles. The van der Waals surface area contributed by atoms with Gasteiger partial charge in [-0.15, -0.1) is 0 Å². The third-order valence-corrected chi connectivity index (χ3v) is 4.76. The number of aromatic nitrogens is 1. The first-order valence-electron chi connectivity index (χ1n) is 9.63. The number of nitrogens with zero attached hydrogens (tertiary/aromatic N) is 2. The molecule has 0 N–H and O–H groups in total. The molecule has 0 bridgehead atoms. The summed E-state index contributed by atoms with van der Waals surface area (Å²) in [6.07, 6.45) is 4.47. The Balaban J connectivity index is 1.72. The van der Waals surface area contributed by atoms with Crippen molar-refractivity contribution in [2.75, 3.05) is 13.7 Å². The molecule has 2 heterocycles. The van der Waals surface area contributed by atoms with Gasteiger partial charge < -0.3 is 14.0 Å². The Morgan fingerprint density at radius 3 is 2.85 bits per heavy atom. The summed E-state index contributed by atoms with van der Waals surface area (Å²) in [6, 6.07) is 8.68. The predicted molar refractivity (Wildman–Crippen MR) is 102 cm³/mol. The molecule has 1 saturated heterocycles. The number of hydrogen-bond donors (Lipinski definition) is 0. The van der Waals surface area contributed by atoms with Gasteiger partial charge in [-0.1, -0.05) is 18.1 Å². The zero-order valence-corrected chi connectivity index (χ0v) is 16.3. The van der Waals surface area contributed by atoms with E-state index in [0.29, 0.717) is 6.04 Å². The fourth-order valence-corrected chi connectivity index (χ4v) is 3.60. The summed E-state index contributed by atoms with van der Waals surface area (Å²) in [4.78, 5) is 2.48. The van der Waals surface area contributed by atoms with E-state index in [1.54, 1.807) is 7.11 Å². The molecule has 1 aromatic carbocycles. The van der Waals surface area contributed by atoms with Crippen molar-refractivity contribution >= 4 is 0 Å². The highest BCUT2D eigenvalue weighted by Crippen LogP contribution is 2.35. The molecule has 1 atom stereocenters. The van der Waals surface area contributed by atoms with Gasteiger partial charge in [0.2, 0.25) is 0 Å². The first-order chi connectivity index (χ1) is 12.6. The Labute approximate surface area is 156 Å². The van der Waals surface area contributed by atoms with Crippen LogP contribution in [0.5, 0.6) is 11.5 Å². The largest absolute Gasteiger partial charge is 0.493 e. The van der Waals surface area contributed by atoms with E-state index >= 15 is 0 Å². The van der Waals surface area contributed by atoms with E-state index in [-0.39, 0.29) is 6.10 Å². The highest BCUT2D eigenvalue weighted by Gasteiger charge is 2.28. The van der Waals surface area contributed by atoms with Gasteiger partial charge in [-0.2, -0.15) is 0 Å². The maximum absolute atomic E-state index is 5.82. The van der Waals surface area contributed by atoms with E-state index in [1.807, 2.05) is 19.9 Å². The second kappa shape index (κ2) is 8.58. The molecule has 26 heavy (non-hydrogen) atoms. The van der Waals surface area contributed by atoms with E-state index in [1.165, 1.54) is 12.0 Å². The van der Waals surface area contributed by atoms with Crippen LogP contribution >= 0.6 is 0 Å². The van der Waals surface area contributed by atoms with Crippen molar-refractivity contribution in [2.24, 2.45) is 0 Å². The summed E-state index contributed by atoms with van der Waals surface area (Å²) in [5, 5.41) is 4.33. The molecule has 1 aliphatic heterocycles. The molecule has 5 nitrogen and oxygen atoms in total. The molecule has 1 unspecified atom stereocenters. The van der Waals surface area contributed by atoms with Crippen molar-refractivity contribution in [3.8, 4) is 11.5 Å². The van der Waals surface area contributed by atoms with E-state index in [9.17, 15) is 0 Å². The van der Waals surface area contributed by atoms with Gasteiger partial charge in [-0.3, -0.25) is 4.90 Å². The Kier molecular flexibility index (Phi) is 6.20. The van der Waals surface area contributed by atoms with E-state index in [0.717, 1.165) is 55.3 Å². The van der Waals surface area contributed by atoms with Gasteiger partial charge in [0, 0.05) is 19.0 Å². The lowest BCUT2D eigenvalue weighted by atomic mass is 10.1. The maximum Gasteiger partial charge on any atom is 0.161 e. The van der Waals surface area contributed by atoms with Crippen LogP contribution in [0.1, 0.15) is 63.1 Å². The van der Waals surface area contributed by atoms with Gasteiger partial charge in [-0.25, -0.2) is 0 Å². The smallest absolute Gasteiger partial charge is 0.161 e. The van der Waals surface area contributed by atoms with Gasteiger partial charge in [0.05, 0.1) is 19.3 Å². The molecule has 0 aliphatic carbocycles. The Hall–Kier alpha value is -2.01. The van der Waals surface area contributed by atoms with Gasteiger partial charge in [0.1, 0.15) is 11.5 Å². The number of aryl methyl sites for hydroxylation is 1. The summed E-state index contributed by atoms with van der Waals surface area (Å²) in [5.41, 5.74) is 2.29. The fourth-order valence-electron chi connectivity index (χ4n) is 3.60. The molecule has 0 amide bonds. The number of methoxy groups -OCH3 is 1. The Bertz CT molecular complexity index is 711. The summed E-state index contributed by atoms with van der Waals surface area (Å²) in [5.74, 6) is 2.58. The van der Waals surface area contributed by atoms with E-state index in [4.69, 9.17) is 14.0 Å². The first kappa shape index (κ1) is 18.8. The van der Waals surface area contributed by atoms with Gasteiger partial charge in [0.15, 0.2) is 11.5 Å². The molecule has 3 rings (SSSR count). The zero-order chi connectivity index (χ0) is 18.5. The second-order valence-corrected chi connectivity index (χ2v) is 7.25. The molecule has 0 radical (unpaired) electrons. The molecular weight excluding hydrogens is 328 g/mol. The number of ether oxygens (including phenoxy) is 2. The highest BCUT2D eigenvalue weighted by atomic mass is 16.5. The van der Waals surface area contributed by atoms with Crippen molar-refractivity contribution in [1.29, 1.82) is 0 Å². The molecule has 1 fully saturated rings. The van der Waals surface area contributed by atoms with Crippen LogP contribution in [-0.2, 0) is 13.0 Å². The number of hydrogen-bond acceptors (Lipinski definition) is 5. The van der Waals surface area contributed by atoms with Crippen molar-refractivity contribution in [1.82, 2.24) is 10.1 Å². The van der Waals surface area contributed by atoms with Crippen LogP contribution in [0.2, 0.25) is 0 Å². The minimum atomic E-state index is 0.127. The summed E-state index contributed by atoms with van der Waals surface area (Å²) in [7, 11) is 1.69. The lowest BCUT2D eigenvalue weighted by molar-refractivity contribution is 0.227. The zero-order valence-electron chi connectivity index (χ0n) is 16.3. The van der Waals surface area contributed by atoms with Gasteiger partial charge in [-0.05, 0) is 57.4 Å². The SMILES string of the molecule is CCCc1cc(C2CCCN2Cc2ccc(OC(C)C)c(OC)c2)no1. The van der Waals surface area contributed by atoms with E-state index in [2.05, 4.69) is 35.2 Å². The molecular formula is C21H30N2O3. The number of likely N-dealkylation sites (tertiary alicyclic amines) is 1. The fraction of sp³-hybridized carbons (Fsp3) is 0.571. The topological polar surface area (TPSA) is 47.7 Å². The molecule has 2 aromatic rings. The van der Waals surface area contributed by atoms with Gasteiger partial charge >= 0.3 is 0 Å². The lowest BCUT2D eigenvalue weighted by Crippen LogP contribution is -2.23. The van der Waals surface area contributed by atoms with Crippen LogP contribution in [0.15, 0.2) is 28.8 Å². The van der Waals surface area contributed by atoms with Crippen molar-refractivity contribution in [3.05, 3.63) is 41.3 Å². The third kappa shape index (κ3) is 4.39. The quantitative estimate of drug-likeness (QED) is 0.681. The number of rotatable bonds is 8. The van der Waals surface area contributed by atoms with Crippen LogP contribution in [0.3, 0.4) is 0 Å². The molecule has 0 saturated carbocycles. The third-order valence-electron chi connectivity index (χ3n) is 4.76. The molecule has 142 valence electrons. The highest BCUT2D eigenvalue weighted by molar-refractivity contribution is 5.43.